The number of unbranched alkanes of at least 4 members (excludes halogenated alkanes) is 2. The molecule has 0 heterocycles. The molecule has 3 nitrogen and oxygen atoms in total. The Balaban J connectivity index is 4.09. The standard InChI is InChI=1S/C12H27BO3/c1-4-7-10-14-12(16-13,9-6-3)15-11-8-5-2/h4-11,13H2,1-3H3. The molecule has 0 rings (SSSR count). The van der Waals surface area contributed by atoms with Gasteiger partial charge in [0.15, 0.2) is 0 Å². The zero-order valence-corrected chi connectivity index (χ0v) is 11.4. The SMILES string of the molecule is BOC(CCC)(OCCCC)OCCCC. The Morgan fingerprint density at radius 1 is 0.875 bits per heavy atom. The third-order valence-electron chi connectivity index (χ3n) is 2.51. The largest absolute Gasteiger partial charge is 0.397 e. The minimum atomic E-state index is -0.806. The lowest BCUT2D eigenvalue weighted by atomic mass is 10.2. The maximum absolute atomic E-state index is 5.76. The third-order valence-corrected chi connectivity index (χ3v) is 2.51. The van der Waals surface area contributed by atoms with Crippen LogP contribution in [-0.2, 0) is 14.1 Å². The van der Waals surface area contributed by atoms with Crippen LogP contribution in [0.3, 0.4) is 0 Å². The molecule has 4 heteroatoms. The van der Waals surface area contributed by atoms with Crippen LogP contribution in [-0.4, -0.2) is 27.2 Å². The Kier molecular flexibility index (Phi) is 10.1. The van der Waals surface area contributed by atoms with E-state index in [0.717, 1.165) is 38.5 Å². The minimum absolute atomic E-state index is 0.705. The van der Waals surface area contributed by atoms with E-state index in [0.29, 0.717) is 13.2 Å². The quantitative estimate of drug-likeness (QED) is 0.310. The van der Waals surface area contributed by atoms with Crippen molar-refractivity contribution >= 4 is 8.05 Å². The first kappa shape index (κ1) is 15.9. The van der Waals surface area contributed by atoms with Crippen LogP contribution < -0.4 is 0 Å². The van der Waals surface area contributed by atoms with Gasteiger partial charge in [0.25, 0.3) is 14.0 Å². The van der Waals surface area contributed by atoms with Crippen molar-refractivity contribution in [2.45, 2.75) is 65.3 Å². The number of hydrogen-bond acceptors (Lipinski definition) is 3. The van der Waals surface area contributed by atoms with E-state index in [1.807, 2.05) is 0 Å². The summed E-state index contributed by atoms with van der Waals surface area (Å²) in [6, 6.07) is 0. The molecular weight excluding hydrogens is 203 g/mol. The summed E-state index contributed by atoms with van der Waals surface area (Å²) in [4.78, 5) is 0. The summed E-state index contributed by atoms with van der Waals surface area (Å²) < 4.78 is 17.0. The second-order valence-corrected chi connectivity index (χ2v) is 4.04. The highest BCUT2D eigenvalue weighted by molar-refractivity contribution is 5.98. The molecule has 0 bridgehead atoms. The summed E-state index contributed by atoms with van der Waals surface area (Å²) in [5, 5.41) is 0. The van der Waals surface area contributed by atoms with E-state index in [1.54, 1.807) is 8.05 Å². The van der Waals surface area contributed by atoms with Gasteiger partial charge in [-0.15, -0.1) is 0 Å². The lowest BCUT2D eigenvalue weighted by molar-refractivity contribution is -0.347. The number of rotatable bonds is 11. The van der Waals surface area contributed by atoms with E-state index in [9.17, 15) is 0 Å². The van der Waals surface area contributed by atoms with Gasteiger partial charge < -0.3 is 14.1 Å². The predicted octanol–water partition coefficient (Wildman–Crippen LogP) is 2.64. The molecule has 0 saturated heterocycles. The summed E-state index contributed by atoms with van der Waals surface area (Å²) in [5.41, 5.74) is 0. The van der Waals surface area contributed by atoms with E-state index in [-0.39, 0.29) is 0 Å². The maximum atomic E-state index is 5.76. The molecule has 0 aliphatic rings. The zero-order chi connectivity index (χ0) is 12.3. The first-order valence-electron chi connectivity index (χ1n) is 6.57. The zero-order valence-electron chi connectivity index (χ0n) is 11.4. The van der Waals surface area contributed by atoms with Crippen molar-refractivity contribution in [2.24, 2.45) is 0 Å². The topological polar surface area (TPSA) is 27.7 Å². The Hall–Kier alpha value is -0.0551. The molecule has 0 aromatic heterocycles. The second-order valence-electron chi connectivity index (χ2n) is 4.04. The van der Waals surface area contributed by atoms with Crippen LogP contribution in [0.1, 0.15) is 59.3 Å². The van der Waals surface area contributed by atoms with Crippen LogP contribution in [0.15, 0.2) is 0 Å². The van der Waals surface area contributed by atoms with Crippen LogP contribution in [0.4, 0.5) is 0 Å². The summed E-state index contributed by atoms with van der Waals surface area (Å²) >= 11 is 0. The first-order chi connectivity index (χ1) is 7.74. The van der Waals surface area contributed by atoms with Crippen molar-refractivity contribution in [3.63, 3.8) is 0 Å². The van der Waals surface area contributed by atoms with Crippen molar-refractivity contribution in [1.29, 1.82) is 0 Å². The van der Waals surface area contributed by atoms with Gasteiger partial charge in [0.05, 0.1) is 13.2 Å². The first-order valence-corrected chi connectivity index (χ1v) is 6.57. The third kappa shape index (κ3) is 6.51. The molecule has 0 aromatic carbocycles. The molecule has 96 valence electrons. The lowest BCUT2D eigenvalue weighted by Gasteiger charge is -2.32. The van der Waals surface area contributed by atoms with Crippen molar-refractivity contribution in [3.8, 4) is 0 Å². The molecule has 16 heavy (non-hydrogen) atoms. The average Bonchev–Trinajstić information content (AvgIpc) is 2.29. The molecule has 0 aliphatic carbocycles. The molecule has 0 aliphatic heterocycles. The second kappa shape index (κ2) is 10.1. The molecule has 0 unspecified atom stereocenters. The molecule has 0 N–H and O–H groups in total. The molecule has 0 saturated carbocycles. The molecule has 0 aromatic rings. The van der Waals surface area contributed by atoms with Gasteiger partial charge in [-0.3, -0.25) is 0 Å². The molecule has 0 amide bonds. The van der Waals surface area contributed by atoms with Gasteiger partial charge in [-0.25, -0.2) is 0 Å². The Morgan fingerprint density at radius 2 is 1.38 bits per heavy atom. The lowest BCUT2D eigenvalue weighted by Crippen LogP contribution is -2.39. The molecule has 0 fully saturated rings. The Labute approximate surface area is 101 Å². The van der Waals surface area contributed by atoms with E-state index in [2.05, 4.69) is 20.8 Å². The molecule has 0 spiro atoms. The van der Waals surface area contributed by atoms with E-state index in [1.165, 1.54) is 0 Å². The fourth-order valence-corrected chi connectivity index (χ4v) is 1.46. The highest BCUT2D eigenvalue weighted by atomic mass is 16.9. The highest BCUT2D eigenvalue weighted by Crippen LogP contribution is 2.21. The van der Waals surface area contributed by atoms with Crippen LogP contribution in [0.25, 0.3) is 0 Å². The van der Waals surface area contributed by atoms with Crippen LogP contribution in [0, 0.1) is 0 Å². The fourth-order valence-electron chi connectivity index (χ4n) is 1.46. The van der Waals surface area contributed by atoms with Crippen molar-refractivity contribution in [3.05, 3.63) is 0 Å². The van der Waals surface area contributed by atoms with Gasteiger partial charge in [-0.2, -0.15) is 0 Å². The molecular formula is C12H27BO3. The average molecular weight is 230 g/mol. The smallest absolute Gasteiger partial charge is 0.268 e. The highest BCUT2D eigenvalue weighted by Gasteiger charge is 2.30. The van der Waals surface area contributed by atoms with Gasteiger partial charge in [0, 0.05) is 6.42 Å². The van der Waals surface area contributed by atoms with Gasteiger partial charge in [-0.05, 0) is 19.3 Å². The van der Waals surface area contributed by atoms with E-state index < -0.39 is 5.97 Å². The summed E-state index contributed by atoms with van der Waals surface area (Å²) in [6.07, 6.45) is 6.13. The summed E-state index contributed by atoms with van der Waals surface area (Å²) in [6.45, 7) is 7.82. The van der Waals surface area contributed by atoms with Crippen molar-refractivity contribution in [2.75, 3.05) is 13.2 Å². The van der Waals surface area contributed by atoms with Crippen molar-refractivity contribution < 1.29 is 14.1 Å². The Morgan fingerprint density at radius 3 is 1.69 bits per heavy atom. The molecule has 0 radical (unpaired) electrons. The van der Waals surface area contributed by atoms with Gasteiger partial charge >= 0.3 is 0 Å². The van der Waals surface area contributed by atoms with Crippen molar-refractivity contribution in [1.82, 2.24) is 0 Å². The number of ether oxygens (including phenoxy) is 2. The van der Waals surface area contributed by atoms with Crippen LogP contribution in [0.5, 0.6) is 0 Å². The minimum Gasteiger partial charge on any atom is -0.397 e. The van der Waals surface area contributed by atoms with Gasteiger partial charge in [0.2, 0.25) is 0 Å². The summed E-state index contributed by atoms with van der Waals surface area (Å²) in [5.74, 6) is -0.806. The van der Waals surface area contributed by atoms with E-state index >= 15 is 0 Å². The predicted molar refractivity (Wildman–Crippen MR) is 69.0 cm³/mol. The number of hydrogen-bond donors (Lipinski definition) is 0. The fraction of sp³-hybridized carbons (Fsp3) is 1.00. The van der Waals surface area contributed by atoms with Crippen LogP contribution >= 0.6 is 0 Å². The normalized spacial score (nSPS) is 11.9. The van der Waals surface area contributed by atoms with E-state index in [4.69, 9.17) is 14.1 Å². The van der Waals surface area contributed by atoms with Crippen LogP contribution in [0.2, 0.25) is 0 Å². The van der Waals surface area contributed by atoms with Gasteiger partial charge in [0.1, 0.15) is 0 Å². The molecule has 0 atom stereocenters. The van der Waals surface area contributed by atoms with Gasteiger partial charge in [-0.1, -0.05) is 33.6 Å². The summed E-state index contributed by atoms with van der Waals surface area (Å²) in [7, 11) is 1.66. The monoisotopic (exact) mass is 230 g/mol. The Bertz CT molecular complexity index is 143. The maximum Gasteiger partial charge on any atom is 0.268 e.